The number of nitrogen functional groups attached to an aromatic ring is 1. The number of nitrogens with zero attached hydrogens (tertiary/aromatic N) is 14. The van der Waals surface area contributed by atoms with Gasteiger partial charge in [-0.25, -0.2) is 62.2 Å². The first-order valence-corrected chi connectivity index (χ1v) is 30.0. The second kappa shape index (κ2) is 36.6. The number of carbonyl (C=O) groups excluding carboxylic acids is 2. The predicted molar refractivity (Wildman–Crippen MR) is 394 cm³/mol. The van der Waals surface area contributed by atoms with Crippen molar-refractivity contribution in [3.63, 3.8) is 0 Å². The van der Waals surface area contributed by atoms with Gasteiger partial charge in [-0.3, -0.25) is 14.6 Å². The van der Waals surface area contributed by atoms with Crippen molar-refractivity contribution in [3.05, 3.63) is 269 Å². The van der Waals surface area contributed by atoms with E-state index in [1.807, 2.05) is 178 Å². The normalized spacial score (nSPS) is 10.2. The molecule has 0 saturated carbocycles. The molecule has 0 unspecified atom stereocenters. The van der Waals surface area contributed by atoms with Gasteiger partial charge in [-0.15, -0.1) is 0 Å². The van der Waals surface area contributed by atoms with Crippen molar-refractivity contribution in [1.29, 1.82) is 0 Å². The van der Waals surface area contributed by atoms with Gasteiger partial charge < -0.3 is 45.3 Å². The fourth-order valence-electron chi connectivity index (χ4n) is 9.77. The number of nitrogens with two attached hydrogens (primary N) is 1. The highest BCUT2D eigenvalue weighted by atomic mass is 79.9. The molecule has 21 nitrogen and oxygen atoms in total. The molecule has 100 heavy (non-hydrogen) atoms. The molecule has 14 aromatic rings. The molecule has 520 valence electrons. The van der Waals surface area contributed by atoms with Crippen molar-refractivity contribution in [2.24, 2.45) is 28.2 Å². The summed E-state index contributed by atoms with van der Waals surface area (Å²) in [7, 11) is 9.03. The Balaban J connectivity index is 0.000000237. The highest BCUT2D eigenvalue weighted by Crippen LogP contribution is 2.31. The average Bonchev–Trinajstić information content (AvgIpc) is 1.64. The number of benzene rings is 6. The number of methoxy groups -OCH3 is 1. The fourth-order valence-corrected chi connectivity index (χ4v) is 10.0. The molecular weight excluding hydrogens is 1350 g/mol. The van der Waals surface area contributed by atoms with Crippen LogP contribution in [0.2, 0.25) is 0 Å². The minimum absolute atomic E-state index is 0. The number of ether oxygens (including phenoxy) is 1. The molecule has 8 aromatic heterocycles. The molecule has 7 N–H and O–H groups in total. The highest BCUT2D eigenvalue weighted by Gasteiger charge is 2.21. The van der Waals surface area contributed by atoms with E-state index in [4.69, 9.17) is 25.5 Å². The van der Waals surface area contributed by atoms with Gasteiger partial charge in [-0.1, -0.05) is 115 Å². The van der Waals surface area contributed by atoms with Crippen molar-refractivity contribution < 1.29 is 37.0 Å². The number of aromatic nitrogens is 12. The Kier molecular flexibility index (Phi) is 28.9. The molecule has 6 aromatic carbocycles. The van der Waals surface area contributed by atoms with Gasteiger partial charge in [0, 0.05) is 33.8 Å². The number of esters is 1. The highest BCUT2D eigenvalue weighted by molar-refractivity contribution is 9.10. The summed E-state index contributed by atoms with van der Waals surface area (Å²) in [5.74, 6) is 2.08. The van der Waals surface area contributed by atoms with Crippen LogP contribution in [0.4, 0.5) is 58.8 Å². The molecule has 8 heterocycles. The van der Waals surface area contributed by atoms with Gasteiger partial charge in [-0.05, 0) is 136 Å². The zero-order chi connectivity index (χ0) is 67.1. The molecule has 26 heteroatoms. The number of pyridine rings is 4. The maximum Gasteiger partial charge on any atom is 0.337 e. The predicted octanol–water partition coefficient (Wildman–Crippen LogP) is 16.5. The number of fused-ring (bicyclic) bond motifs is 4. The Morgan fingerprint density at radius 2 is 0.860 bits per heavy atom. The SMILES string of the molecule is C.C.C.C.COC(=O)c1ccc(CN(c2ccc(F)cn2)c2nc3ccccc3n2C)cc1.Cn1c(N(Cc2ccc(C(=O)CO)cc2)c2ccc(F)cn2)nc2ccccc21.Cn1c(N)nc2ccccc21.Cn1c(Nc2ccc(F)cn2)nc2ccccc21.Fc1ccc(Br)nc1.N. The van der Waals surface area contributed by atoms with Crippen LogP contribution in [0.1, 0.15) is 61.5 Å². The van der Waals surface area contributed by atoms with Gasteiger partial charge >= 0.3 is 5.97 Å². The van der Waals surface area contributed by atoms with Crippen molar-refractivity contribution in [2.75, 3.05) is 34.6 Å². The fraction of sp³-hybridized carbons (Fsp3) is 0.162. The number of hydrogen-bond donors (Lipinski definition) is 4. The third-order valence-corrected chi connectivity index (χ3v) is 15.2. The third-order valence-electron chi connectivity index (χ3n) is 14.7. The monoisotopic (exact) mass is 1430 g/mol. The molecule has 0 saturated heterocycles. The molecule has 0 atom stereocenters. The van der Waals surface area contributed by atoms with Crippen LogP contribution in [0.15, 0.2) is 224 Å². The Hall–Kier alpha value is -11.7. The van der Waals surface area contributed by atoms with Gasteiger partial charge in [0.05, 0.1) is 94.7 Å². The molecule has 0 bridgehead atoms. The number of para-hydroxylation sites is 8. The first-order valence-electron chi connectivity index (χ1n) is 29.2. The zero-order valence-electron chi connectivity index (χ0n) is 52.5. The molecule has 0 radical (unpaired) electrons. The van der Waals surface area contributed by atoms with Crippen molar-refractivity contribution in [2.45, 2.75) is 42.8 Å². The molecule has 0 fully saturated rings. The number of rotatable bonds is 13. The second-order valence-corrected chi connectivity index (χ2v) is 21.8. The average molecular weight is 1430 g/mol. The lowest BCUT2D eigenvalue weighted by molar-refractivity contribution is 0.0600. The third kappa shape index (κ3) is 19.3. The quantitative estimate of drug-likeness (QED) is 0.0362. The van der Waals surface area contributed by atoms with E-state index in [9.17, 15) is 27.2 Å². The summed E-state index contributed by atoms with van der Waals surface area (Å²) in [5.41, 5.74) is 16.0. The maximum absolute atomic E-state index is 13.4. The molecule has 0 aliphatic heterocycles. The zero-order valence-corrected chi connectivity index (χ0v) is 54.1. The first-order chi connectivity index (χ1) is 45.9. The Bertz CT molecular complexity index is 4690. The van der Waals surface area contributed by atoms with Crippen molar-refractivity contribution in [1.82, 2.24) is 64.3 Å². The molecule has 0 aliphatic carbocycles. The van der Waals surface area contributed by atoms with Crippen molar-refractivity contribution >= 4 is 113 Å². The van der Waals surface area contributed by atoms with E-state index in [2.05, 4.69) is 51.2 Å². The number of carbonyl (C=O) groups is 2. The summed E-state index contributed by atoms with van der Waals surface area (Å²) in [4.78, 5) is 61.2. The van der Waals surface area contributed by atoms with Crippen LogP contribution >= 0.6 is 15.9 Å². The lowest BCUT2D eigenvalue weighted by Gasteiger charge is -2.23. The summed E-state index contributed by atoms with van der Waals surface area (Å²) >= 11 is 3.07. The number of imidazole rings is 4. The van der Waals surface area contributed by atoms with E-state index in [0.29, 0.717) is 70.1 Å². The van der Waals surface area contributed by atoms with E-state index < -0.39 is 18.2 Å². The number of Topliss-reactive ketones (excluding diaryl/α,β-unsaturated/α-hetero) is 1. The molecule has 0 aliphatic rings. The topological polar surface area (TPSA) is 266 Å². The maximum atomic E-state index is 13.4. The molecule has 14 rings (SSSR count). The Morgan fingerprint density at radius 3 is 1.22 bits per heavy atom. The number of nitrogens with one attached hydrogen (secondary N) is 1. The lowest BCUT2D eigenvalue weighted by atomic mass is 10.1. The van der Waals surface area contributed by atoms with Gasteiger partial charge in [-0.2, -0.15) is 0 Å². The number of ketones is 1. The summed E-state index contributed by atoms with van der Waals surface area (Å²) in [6.07, 6.45) is 4.69. The summed E-state index contributed by atoms with van der Waals surface area (Å²) in [6.45, 7) is 0.339. The molecule has 0 spiro atoms. The van der Waals surface area contributed by atoms with Gasteiger partial charge in [0.1, 0.15) is 51.9 Å². The summed E-state index contributed by atoms with van der Waals surface area (Å²) in [6, 6.07) is 57.3. The van der Waals surface area contributed by atoms with Crippen LogP contribution in [-0.2, 0) is 46.0 Å². The van der Waals surface area contributed by atoms with E-state index in [-0.39, 0.29) is 59.2 Å². The van der Waals surface area contributed by atoms with Crippen LogP contribution in [0.3, 0.4) is 0 Å². The summed E-state index contributed by atoms with van der Waals surface area (Å²) < 4.78 is 64.8. The number of hydrogen-bond acceptors (Lipinski definition) is 17. The van der Waals surface area contributed by atoms with Gasteiger partial charge in [0.15, 0.2) is 5.78 Å². The number of aliphatic hydroxyl groups is 1. The second-order valence-electron chi connectivity index (χ2n) is 21.0. The minimum Gasteiger partial charge on any atom is -0.465 e. The van der Waals surface area contributed by atoms with E-state index in [1.165, 1.54) is 50.0 Å². The number of anilines is 7. The standard InChI is InChI=1S/2C22H19FN4O2.C13H11FN4.C8H9N3.C5H3BrFN.4CH4.H3N/c1-26-19-6-4-3-5-18(19)25-22(26)27(20-12-11-17(23)13-24-20)14-15-7-9-16(10-8-15)21(28)29-2;1-26-19-5-3-2-4-18(19)25-22(26)27(21-11-10-17(23)12-24-21)13-15-6-8-16(9-7-15)20(29)14-28;1-18-11-5-3-2-4-10(11)16-13(18)17-12-7-6-9(14)8-15-12;1-11-7-5-3-2-4-6(7)10-8(11)9;6-5-2-1-4(7)3-8-5;;;;;/h3-13H,14H2,1-2H3;2-12,28H,13-14H2,1H3;2-8H,1H3,(H,15,16,17);2-5H,1H3,(H2,9,10);1-3H;4*1H4;1H3. The van der Waals surface area contributed by atoms with Gasteiger partial charge in [0.25, 0.3) is 0 Å². The summed E-state index contributed by atoms with van der Waals surface area (Å²) in [5, 5.41) is 12.1. The van der Waals surface area contributed by atoms with Crippen molar-refractivity contribution in [3.8, 4) is 0 Å². The van der Waals surface area contributed by atoms with Crippen LogP contribution in [0, 0.1) is 23.3 Å². The van der Waals surface area contributed by atoms with Crippen LogP contribution in [0.5, 0.6) is 0 Å². The minimum atomic E-state index is -0.523. The smallest absolute Gasteiger partial charge is 0.337 e. The Morgan fingerprint density at radius 1 is 0.480 bits per heavy atom. The van der Waals surface area contributed by atoms with E-state index in [1.54, 1.807) is 48.5 Å². The molecular formula is C74H80BrF4N17O4. The Labute approximate surface area is 586 Å². The van der Waals surface area contributed by atoms with Crippen LogP contribution in [-0.4, -0.2) is 88.7 Å². The number of aliphatic hydroxyl groups excluding tert-OH is 1. The van der Waals surface area contributed by atoms with E-state index in [0.717, 1.165) is 61.5 Å². The van der Waals surface area contributed by atoms with E-state index >= 15 is 0 Å². The van der Waals surface area contributed by atoms with Gasteiger partial charge in [0.2, 0.25) is 23.8 Å². The number of halogens is 5. The van der Waals surface area contributed by atoms with Crippen LogP contribution in [0.25, 0.3) is 44.1 Å². The number of aryl methyl sites for hydroxylation is 4. The first kappa shape index (κ1) is 79.0. The largest absolute Gasteiger partial charge is 0.465 e. The molecule has 0 amide bonds. The lowest BCUT2D eigenvalue weighted by Crippen LogP contribution is -2.21. The van der Waals surface area contributed by atoms with Crippen LogP contribution < -0.4 is 27.0 Å².